The SMILES string of the molecule is Cc1cc(-c2cnc3c(NCCC(F)(F)F)cc(C4(c5cccc(F)c5)SCCS4)nn23)ccc1C1CC1.NC=O. The fourth-order valence-electron chi connectivity index (χ4n) is 5.05. The molecule has 0 atom stereocenters. The van der Waals surface area contributed by atoms with Gasteiger partial charge in [0, 0.05) is 23.6 Å². The Morgan fingerprint density at radius 3 is 2.51 bits per heavy atom. The Morgan fingerprint density at radius 2 is 1.88 bits per heavy atom. The van der Waals surface area contributed by atoms with Gasteiger partial charge in [-0.15, -0.1) is 23.5 Å². The number of nitrogens with one attached hydrogen (secondary N) is 1. The number of carbonyl (C=O) groups is 1. The number of carbonyl (C=O) groups excluding carboxylic acids is 1. The van der Waals surface area contributed by atoms with Crippen LogP contribution in [0.15, 0.2) is 54.7 Å². The lowest BCUT2D eigenvalue weighted by Crippen LogP contribution is -2.21. The minimum atomic E-state index is -4.28. The number of nitrogens with zero attached hydrogens (tertiary/aromatic N) is 3. The van der Waals surface area contributed by atoms with Gasteiger partial charge in [-0.3, -0.25) is 4.79 Å². The molecule has 6 nitrogen and oxygen atoms in total. The van der Waals surface area contributed by atoms with E-state index in [1.807, 2.05) is 6.07 Å². The molecule has 2 aromatic carbocycles. The van der Waals surface area contributed by atoms with E-state index in [-0.39, 0.29) is 18.8 Å². The van der Waals surface area contributed by atoms with Crippen molar-refractivity contribution in [2.75, 3.05) is 23.4 Å². The number of anilines is 1. The lowest BCUT2D eigenvalue weighted by Gasteiger charge is -2.28. The van der Waals surface area contributed by atoms with Crippen molar-refractivity contribution < 1.29 is 22.4 Å². The molecule has 0 bridgehead atoms. The van der Waals surface area contributed by atoms with Crippen LogP contribution >= 0.6 is 23.5 Å². The maximum absolute atomic E-state index is 14.3. The van der Waals surface area contributed by atoms with Crippen molar-refractivity contribution in [2.45, 2.75) is 42.4 Å². The van der Waals surface area contributed by atoms with Crippen LogP contribution in [0.25, 0.3) is 16.9 Å². The monoisotopic (exact) mass is 603 g/mol. The molecule has 12 heteroatoms. The van der Waals surface area contributed by atoms with Crippen molar-refractivity contribution in [2.24, 2.45) is 5.73 Å². The second-order valence-electron chi connectivity index (χ2n) is 9.92. The number of amides is 1. The number of alkyl halides is 3. The summed E-state index contributed by atoms with van der Waals surface area (Å²) in [7, 11) is 0. The highest BCUT2D eigenvalue weighted by Gasteiger charge is 2.42. The van der Waals surface area contributed by atoms with Gasteiger partial charge in [-0.1, -0.05) is 24.3 Å². The standard InChI is InChI=1S/C28H26F4N4S2.CH3NO/c1-17-13-19(7-8-22(17)18-5-6-18)24-16-34-26-23(33-10-9-27(30,31)32)15-25(35-36(24)26)28(37-11-12-38-28)20-3-2-4-21(29)14-20;2-1-3/h2-4,7-8,13-16,18,33H,5-6,9-12H2,1H3;1H,(H2,2,3). The first kappa shape index (κ1) is 29.2. The molecule has 1 amide bonds. The molecule has 2 aliphatic rings. The summed E-state index contributed by atoms with van der Waals surface area (Å²) in [6.45, 7) is 1.82. The molecule has 1 aliphatic heterocycles. The summed E-state index contributed by atoms with van der Waals surface area (Å²) < 4.78 is 54.2. The molecule has 2 aromatic heterocycles. The quantitative estimate of drug-likeness (QED) is 0.177. The molecule has 3 N–H and O–H groups in total. The third-order valence-electron chi connectivity index (χ3n) is 7.01. The van der Waals surface area contributed by atoms with Gasteiger partial charge >= 0.3 is 6.18 Å². The van der Waals surface area contributed by atoms with Crippen LogP contribution in [0, 0.1) is 12.7 Å². The van der Waals surface area contributed by atoms with E-state index in [0.29, 0.717) is 22.9 Å². The van der Waals surface area contributed by atoms with Crippen LogP contribution in [0.4, 0.5) is 23.2 Å². The molecule has 216 valence electrons. The van der Waals surface area contributed by atoms with Crippen LogP contribution < -0.4 is 11.1 Å². The van der Waals surface area contributed by atoms with E-state index in [2.05, 4.69) is 41.2 Å². The number of primary amides is 1. The number of rotatable bonds is 7. The second-order valence-corrected chi connectivity index (χ2v) is 12.8. The zero-order chi connectivity index (χ0) is 29.2. The number of nitrogens with two attached hydrogens (primary N) is 1. The summed E-state index contributed by atoms with van der Waals surface area (Å²) in [6.07, 6.45) is -0.849. The van der Waals surface area contributed by atoms with Crippen LogP contribution in [-0.4, -0.2) is 45.2 Å². The maximum Gasteiger partial charge on any atom is 0.390 e. The molecular weight excluding hydrogens is 574 g/mol. The average Bonchev–Trinajstić information content (AvgIpc) is 3.47. The van der Waals surface area contributed by atoms with Crippen molar-refractivity contribution in [1.29, 1.82) is 0 Å². The summed E-state index contributed by atoms with van der Waals surface area (Å²) >= 11 is 3.32. The first-order valence-corrected chi connectivity index (χ1v) is 15.1. The van der Waals surface area contributed by atoms with Crippen LogP contribution in [-0.2, 0) is 8.87 Å². The number of aryl methyl sites for hydroxylation is 1. The first-order valence-electron chi connectivity index (χ1n) is 13.2. The van der Waals surface area contributed by atoms with Crippen molar-refractivity contribution >= 4 is 41.3 Å². The molecular formula is C29H29F4N5OS2. The number of imidazole rings is 1. The zero-order valence-corrected chi connectivity index (χ0v) is 23.9. The Labute approximate surface area is 243 Å². The molecule has 0 radical (unpaired) electrons. The summed E-state index contributed by atoms with van der Waals surface area (Å²) in [5, 5.41) is 7.98. The minimum Gasteiger partial charge on any atom is -0.382 e. The van der Waals surface area contributed by atoms with Gasteiger partial charge in [0.15, 0.2) is 5.65 Å². The minimum absolute atomic E-state index is 0.250. The van der Waals surface area contributed by atoms with Gasteiger partial charge < -0.3 is 11.1 Å². The molecule has 1 aliphatic carbocycles. The topological polar surface area (TPSA) is 85.3 Å². The highest BCUT2D eigenvalue weighted by atomic mass is 32.2. The fourth-order valence-corrected chi connectivity index (χ4v) is 8.21. The molecule has 1 saturated heterocycles. The zero-order valence-electron chi connectivity index (χ0n) is 22.2. The van der Waals surface area contributed by atoms with E-state index < -0.39 is 16.7 Å². The highest BCUT2D eigenvalue weighted by Crippen LogP contribution is 2.56. The van der Waals surface area contributed by atoms with Gasteiger partial charge in [-0.25, -0.2) is 13.9 Å². The number of hydrogen-bond acceptors (Lipinski definition) is 6. The van der Waals surface area contributed by atoms with Crippen LogP contribution in [0.5, 0.6) is 0 Å². The second kappa shape index (κ2) is 11.9. The molecule has 41 heavy (non-hydrogen) atoms. The van der Waals surface area contributed by atoms with Gasteiger partial charge in [-0.2, -0.15) is 18.3 Å². The van der Waals surface area contributed by atoms with E-state index in [0.717, 1.165) is 28.3 Å². The number of fused-ring (bicyclic) bond motifs is 1. The van der Waals surface area contributed by atoms with Gasteiger partial charge in [0.05, 0.1) is 29.7 Å². The Bertz CT molecular complexity index is 1550. The van der Waals surface area contributed by atoms with Crippen molar-refractivity contribution in [1.82, 2.24) is 14.6 Å². The normalized spacial score (nSPS) is 16.3. The Morgan fingerprint density at radius 1 is 1.15 bits per heavy atom. The lowest BCUT2D eigenvalue weighted by atomic mass is 10.0. The van der Waals surface area contributed by atoms with Gasteiger partial charge in [0.25, 0.3) is 0 Å². The third kappa shape index (κ3) is 6.33. The predicted octanol–water partition coefficient (Wildman–Crippen LogP) is 6.87. The van der Waals surface area contributed by atoms with Crippen LogP contribution in [0.1, 0.15) is 47.6 Å². The van der Waals surface area contributed by atoms with E-state index >= 15 is 0 Å². The first-order chi connectivity index (χ1) is 19.6. The molecule has 3 heterocycles. The van der Waals surface area contributed by atoms with Crippen molar-refractivity contribution in [3.8, 4) is 11.3 Å². The van der Waals surface area contributed by atoms with Gasteiger partial charge in [0.2, 0.25) is 6.41 Å². The summed E-state index contributed by atoms with van der Waals surface area (Å²) in [5.74, 6) is 1.98. The Kier molecular flexibility index (Phi) is 8.51. The Hall–Kier alpha value is -3.25. The molecule has 2 fully saturated rings. The summed E-state index contributed by atoms with van der Waals surface area (Å²) in [5.41, 5.74) is 10.8. The van der Waals surface area contributed by atoms with Gasteiger partial charge in [-0.05, 0) is 66.6 Å². The number of thioether (sulfide) groups is 2. The third-order valence-corrected chi connectivity index (χ3v) is 10.5. The molecule has 1 saturated carbocycles. The summed E-state index contributed by atoms with van der Waals surface area (Å²) in [6, 6.07) is 14.6. The largest absolute Gasteiger partial charge is 0.390 e. The van der Waals surface area contributed by atoms with E-state index in [1.54, 1.807) is 46.4 Å². The maximum atomic E-state index is 14.3. The Balaban J connectivity index is 0.00000108. The van der Waals surface area contributed by atoms with Crippen molar-refractivity contribution in [3.05, 3.63) is 82.9 Å². The molecule has 0 unspecified atom stereocenters. The number of hydrogen-bond donors (Lipinski definition) is 2. The van der Waals surface area contributed by atoms with Gasteiger partial charge in [0.1, 0.15) is 9.90 Å². The lowest BCUT2D eigenvalue weighted by molar-refractivity contribution is -0.131. The predicted molar refractivity (Wildman–Crippen MR) is 157 cm³/mol. The smallest absolute Gasteiger partial charge is 0.382 e. The van der Waals surface area contributed by atoms with E-state index in [9.17, 15) is 17.6 Å². The van der Waals surface area contributed by atoms with E-state index in [4.69, 9.17) is 9.89 Å². The molecule has 4 aromatic rings. The van der Waals surface area contributed by atoms with Crippen LogP contribution in [0.2, 0.25) is 0 Å². The van der Waals surface area contributed by atoms with Crippen molar-refractivity contribution in [3.63, 3.8) is 0 Å². The van der Waals surface area contributed by atoms with E-state index in [1.165, 1.54) is 36.1 Å². The molecule has 6 rings (SSSR count). The fraction of sp³-hybridized carbons (Fsp3) is 0.345. The molecule has 0 spiro atoms. The number of aromatic nitrogens is 3. The highest BCUT2D eigenvalue weighted by molar-refractivity contribution is 8.20. The van der Waals surface area contributed by atoms with Crippen LogP contribution in [0.3, 0.4) is 0 Å². The average molecular weight is 604 g/mol. The number of benzene rings is 2. The number of halogens is 4. The summed E-state index contributed by atoms with van der Waals surface area (Å²) in [4.78, 5) is 13.2.